The van der Waals surface area contributed by atoms with Crippen molar-refractivity contribution in [1.29, 1.82) is 0 Å². The Labute approximate surface area is 186 Å². The molecule has 9 heteroatoms. The van der Waals surface area contributed by atoms with Gasteiger partial charge in [-0.2, -0.15) is 11.8 Å². The highest BCUT2D eigenvalue weighted by Crippen LogP contribution is 2.29. The molecule has 1 aliphatic heterocycles. The molecule has 3 rings (SSSR count). The van der Waals surface area contributed by atoms with Crippen LogP contribution in [0.5, 0.6) is 0 Å². The minimum absolute atomic E-state index is 0.187. The smallest absolute Gasteiger partial charge is 0.195 e. The fraction of sp³-hybridized carbons (Fsp3) is 0.286. The number of nitrogens with zero attached hydrogens (tertiary/aromatic N) is 1. The Morgan fingerprint density at radius 2 is 1.97 bits per heavy atom. The van der Waals surface area contributed by atoms with E-state index in [1.807, 2.05) is 43.3 Å². The Hall–Kier alpha value is -2.16. The SMILES string of the molecule is Cc1c(Cl)cccc1C1C=C(NCCSCc2ccc(S(C)(=O)=O)cc2)NC(N)=N1. The summed E-state index contributed by atoms with van der Waals surface area (Å²) in [6.45, 7) is 2.73. The van der Waals surface area contributed by atoms with E-state index in [1.165, 1.54) is 6.26 Å². The predicted octanol–water partition coefficient (Wildman–Crippen LogP) is 3.38. The molecule has 0 aromatic heterocycles. The monoisotopic (exact) mass is 464 g/mol. The zero-order valence-corrected chi connectivity index (χ0v) is 19.2. The summed E-state index contributed by atoms with van der Waals surface area (Å²) < 4.78 is 23.0. The summed E-state index contributed by atoms with van der Waals surface area (Å²) in [5.74, 6) is 2.88. The second-order valence-electron chi connectivity index (χ2n) is 7.01. The van der Waals surface area contributed by atoms with E-state index in [-0.39, 0.29) is 6.04 Å². The molecule has 1 heterocycles. The number of sulfone groups is 1. The molecule has 6 nitrogen and oxygen atoms in total. The second-order valence-corrected chi connectivity index (χ2v) is 10.5. The van der Waals surface area contributed by atoms with Crippen molar-refractivity contribution in [2.45, 2.75) is 23.6 Å². The van der Waals surface area contributed by atoms with Gasteiger partial charge in [0.1, 0.15) is 11.9 Å². The van der Waals surface area contributed by atoms with Crippen molar-refractivity contribution < 1.29 is 8.42 Å². The van der Waals surface area contributed by atoms with Crippen LogP contribution in [0.1, 0.15) is 22.7 Å². The van der Waals surface area contributed by atoms with Crippen LogP contribution in [0.2, 0.25) is 5.02 Å². The van der Waals surface area contributed by atoms with E-state index in [0.29, 0.717) is 15.9 Å². The van der Waals surface area contributed by atoms with E-state index in [1.54, 1.807) is 23.9 Å². The summed E-state index contributed by atoms with van der Waals surface area (Å²) in [4.78, 5) is 4.82. The van der Waals surface area contributed by atoms with Gasteiger partial charge < -0.3 is 16.4 Å². The van der Waals surface area contributed by atoms with Gasteiger partial charge in [-0.25, -0.2) is 13.4 Å². The molecule has 4 N–H and O–H groups in total. The molecule has 0 amide bonds. The number of aliphatic imine (C=N–C) groups is 1. The van der Waals surface area contributed by atoms with Crippen LogP contribution < -0.4 is 16.4 Å². The lowest BCUT2D eigenvalue weighted by molar-refractivity contribution is 0.602. The molecular weight excluding hydrogens is 440 g/mol. The number of hydrogen-bond donors (Lipinski definition) is 3. The minimum atomic E-state index is -3.15. The number of guanidine groups is 1. The molecule has 2 aromatic rings. The quantitative estimate of drug-likeness (QED) is 0.518. The van der Waals surface area contributed by atoms with E-state index in [0.717, 1.165) is 40.6 Å². The highest BCUT2D eigenvalue weighted by molar-refractivity contribution is 7.98. The molecule has 0 saturated carbocycles. The van der Waals surface area contributed by atoms with Gasteiger partial charge in [0.2, 0.25) is 0 Å². The van der Waals surface area contributed by atoms with Gasteiger partial charge in [0.25, 0.3) is 0 Å². The van der Waals surface area contributed by atoms with Crippen molar-refractivity contribution in [1.82, 2.24) is 10.6 Å². The normalized spacial score (nSPS) is 16.4. The largest absolute Gasteiger partial charge is 0.371 e. The van der Waals surface area contributed by atoms with Gasteiger partial charge in [-0.1, -0.05) is 35.9 Å². The predicted molar refractivity (Wildman–Crippen MR) is 125 cm³/mol. The first kappa shape index (κ1) is 22.5. The van der Waals surface area contributed by atoms with Crippen molar-refractivity contribution in [2.24, 2.45) is 10.7 Å². The third-order valence-corrected chi connectivity index (χ3v) is 7.24. The number of nitrogens with two attached hydrogens (primary N) is 1. The maximum Gasteiger partial charge on any atom is 0.195 e. The van der Waals surface area contributed by atoms with Crippen LogP contribution in [0, 0.1) is 6.92 Å². The molecular formula is C21H25ClN4O2S2. The van der Waals surface area contributed by atoms with Crippen LogP contribution in [0.3, 0.4) is 0 Å². The third kappa shape index (κ3) is 5.93. The van der Waals surface area contributed by atoms with Crippen LogP contribution >= 0.6 is 23.4 Å². The Morgan fingerprint density at radius 3 is 2.67 bits per heavy atom. The van der Waals surface area contributed by atoms with Crippen LogP contribution in [-0.2, 0) is 15.6 Å². The van der Waals surface area contributed by atoms with Gasteiger partial charge in [0.15, 0.2) is 15.8 Å². The highest BCUT2D eigenvalue weighted by atomic mass is 35.5. The zero-order valence-electron chi connectivity index (χ0n) is 16.9. The van der Waals surface area contributed by atoms with Gasteiger partial charge in [-0.05, 0) is 47.9 Å². The van der Waals surface area contributed by atoms with Gasteiger partial charge in [-0.15, -0.1) is 0 Å². The molecule has 1 atom stereocenters. The lowest BCUT2D eigenvalue weighted by Gasteiger charge is -2.22. The first-order valence-electron chi connectivity index (χ1n) is 9.42. The Bertz CT molecular complexity index is 1070. The zero-order chi connectivity index (χ0) is 21.7. The van der Waals surface area contributed by atoms with Crippen LogP contribution in [-0.4, -0.2) is 32.9 Å². The van der Waals surface area contributed by atoms with Crippen molar-refractivity contribution >= 4 is 39.2 Å². The number of hydrogen-bond acceptors (Lipinski definition) is 7. The van der Waals surface area contributed by atoms with Gasteiger partial charge in [-0.3, -0.25) is 0 Å². The summed E-state index contributed by atoms with van der Waals surface area (Å²) in [6.07, 6.45) is 3.22. The van der Waals surface area contributed by atoms with Crippen molar-refractivity contribution in [3.63, 3.8) is 0 Å². The molecule has 1 aliphatic rings. The molecule has 0 spiro atoms. The molecule has 0 fully saturated rings. The number of halogens is 1. The third-order valence-electron chi connectivity index (χ3n) is 4.68. The number of thioether (sulfide) groups is 1. The average molecular weight is 465 g/mol. The standard InChI is InChI=1S/C21H25ClN4O2S2/c1-14-17(4-3-5-18(14)22)19-12-20(26-21(23)25-19)24-10-11-29-13-15-6-8-16(9-7-15)30(2,27)28/h3-9,12,19,24H,10-11,13H2,1-2H3,(H3,23,25,26). The molecule has 0 bridgehead atoms. The van der Waals surface area contributed by atoms with E-state index in [2.05, 4.69) is 15.6 Å². The number of rotatable bonds is 8. The molecule has 0 aliphatic carbocycles. The van der Waals surface area contributed by atoms with Crippen LogP contribution in [0.25, 0.3) is 0 Å². The molecule has 1 unspecified atom stereocenters. The average Bonchev–Trinajstić information content (AvgIpc) is 2.69. The Morgan fingerprint density at radius 1 is 1.23 bits per heavy atom. The molecule has 0 radical (unpaired) electrons. The van der Waals surface area contributed by atoms with E-state index in [9.17, 15) is 8.42 Å². The Kier molecular flexibility index (Phi) is 7.33. The maximum atomic E-state index is 11.5. The lowest BCUT2D eigenvalue weighted by atomic mass is 10.0. The summed E-state index contributed by atoms with van der Waals surface area (Å²) in [7, 11) is -3.15. The van der Waals surface area contributed by atoms with E-state index in [4.69, 9.17) is 17.3 Å². The van der Waals surface area contributed by atoms with Gasteiger partial charge in [0.05, 0.1) is 4.90 Å². The van der Waals surface area contributed by atoms with Crippen molar-refractivity contribution in [3.05, 3.63) is 76.1 Å². The summed E-state index contributed by atoms with van der Waals surface area (Å²) in [5, 5.41) is 7.13. The fourth-order valence-corrected chi connectivity index (χ4v) is 4.68. The van der Waals surface area contributed by atoms with Gasteiger partial charge in [0, 0.05) is 29.3 Å². The number of benzene rings is 2. The van der Waals surface area contributed by atoms with E-state index < -0.39 is 9.84 Å². The molecule has 30 heavy (non-hydrogen) atoms. The van der Waals surface area contributed by atoms with Crippen molar-refractivity contribution in [2.75, 3.05) is 18.6 Å². The first-order chi connectivity index (χ1) is 14.2. The highest BCUT2D eigenvalue weighted by Gasteiger charge is 2.18. The lowest BCUT2D eigenvalue weighted by Crippen LogP contribution is -2.40. The van der Waals surface area contributed by atoms with Crippen LogP contribution in [0.15, 0.2) is 64.2 Å². The van der Waals surface area contributed by atoms with Gasteiger partial charge >= 0.3 is 0 Å². The minimum Gasteiger partial charge on any atom is -0.371 e. The topological polar surface area (TPSA) is 96.6 Å². The fourth-order valence-electron chi connectivity index (χ4n) is 3.04. The molecule has 160 valence electrons. The van der Waals surface area contributed by atoms with Crippen molar-refractivity contribution in [3.8, 4) is 0 Å². The number of nitrogens with one attached hydrogen (secondary N) is 2. The maximum absolute atomic E-state index is 11.5. The van der Waals surface area contributed by atoms with Crippen LogP contribution in [0.4, 0.5) is 0 Å². The molecule has 2 aromatic carbocycles. The second kappa shape index (κ2) is 9.76. The molecule has 0 saturated heterocycles. The summed E-state index contributed by atoms with van der Waals surface area (Å²) >= 11 is 8.01. The first-order valence-corrected chi connectivity index (χ1v) is 12.8. The van der Waals surface area contributed by atoms with E-state index >= 15 is 0 Å². The Balaban J connectivity index is 1.51. The summed E-state index contributed by atoms with van der Waals surface area (Å²) in [5.41, 5.74) is 9.08. The summed E-state index contributed by atoms with van der Waals surface area (Å²) in [6, 6.07) is 12.6.